The maximum Gasteiger partial charge on any atom is 0.401 e. The number of nitrogens with zero attached hydrogens (tertiary/aromatic N) is 2. The molecule has 3 aliphatic heterocycles. The summed E-state index contributed by atoms with van der Waals surface area (Å²) in [7, 11) is 0. The monoisotopic (exact) mass is 357 g/mol. The topological polar surface area (TPSA) is 62.0 Å². The number of halogens is 3. The lowest BCUT2D eigenvalue weighted by Crippen LogP contribution is -2.49. The van der Waals surface area contributed by atoms with Gasteiger partial charge in [0, 0.05) is 43.2 Å². The van der Waals surface area contributed by atoms with Crippen molar-refractivity contribution in [1.82, 2.24) is 4.90 Å². The molecule has 2 bridgehead atoms. The van der Waals surface area contributed by atoms with Gasteiger partial charge in [0.2, 0.25) is 0 Å². The largest absolute Gasteiger partial charge is 0.484 e. The minimum absolute atomic E-state index is 0.0401. The average Bonchev–Trinajstić information content (AvgIpc) is 3.16. The van der Waals surface area contributed by atoms with Gasteiger partial charge >= 0.3 is 6.18 Å². The van der Waals surface area contributed by atoms with Crippen LogP contribution in [0.4, 0.5) is 24.5 Å². The van der Waals surface area contributed by atoms with E-state index in [1.54, 1.807) is 0 Å². The number of benzene rings is 1. The molecule has 0 spiro atoms. The molecule has 3 heterocycles. The van der Waals surface area contributed by atoms with Crippen molar-refractivity contribution >= 4 is 11.4 Å². The van der Waals surface area contributed by atoms with E-state index in [1.165, 1.54) is 4.90 Å². The number of fused-ring (bicyclic) bond motifs is 3. The van der Waals surface area contributed by atoms with Crippen LogP contribution in [0.2, 0.25) is 0 Å². The van der Waals surface area contributed by atoms with Crippen LogP contribution >= 0.6 is 0 Å². The first-order valence-corrected chi connectivity index (χ1v) is 8.47. The molecule has 0 aliphatic carbocycles. The fourth-order valence-electron chi connectivity index (χ4n) is 4.38. The van der Waals surface area contributed by atoms with Crippen LogP contribution in [0.5, 0.6) is 5.75 Å². The zero-order valence-electron chi connectivity index (χ0n) is 14.0. The summed E-state index contributed by atoms with van der Waals surface area (Å²) in [6.07, 6.45) is -2.85. The molecule has 0 aromatic heterocycles. The Kier molecular flexibility index (Phi) is 3.63. The third-order valence-electron chi connectivity index (χ3n) is 5.51. The van der Waals surface area contributed by atoms with Crippen LogP contribution in [0.3, 0.4) is 0 Å². The third kappa shape index (κ3) is 2.91. The van der Waals surface area contributed by atoms with Gasteiger partial charge in [0.15, 0.2) is 0 Å². The Morgan fingerprint density at radius 1 is 1.32 bits per heavy atom. The summed E-state index contributed by atoms with van der Waals surface area (Å²) in [5.41, 5.74) is 7.97. The quantitative estimate of drug-likeness (QED) is 0.808. The van der Waals surface area contributed by atoms with E-state index < -0.39 is 18.3 Å². The van der Waals surface area contributed by atoms with E-state index >= 15 is 0 Å². The smallest absolute Gasteiger partial charge is 0.401 e. The van der Waals surface area contributed by atoms with Crippen LogP contribution in [0.1, 0.15) is 18.9 Å². The van der Waals surface area contributed by atoms with Gasteiger partial charge in [-0.05, 0) is 19.4 Å². The number of rotatable bonds is 3. The summed E-state index contributed by atoms with van der Waals surface area (Å²) < 4.78 is 43.9. The highest BCUT2D eigenvalue weighted by molar-refractivity contribution is 5.73. The second-order valence-electron chi connectivity index (χ2n) is 7.65. The zero-order chi connectivity index (χ0) is 18.0. The summed E-state index contributed by atoms with van der Waals surface area (Å²) in [5.74, 6) is 0.704. The zero-order valence-corrected chi connectivity index (χ0v) is 14.0. The van der Waals surface area contributed by atoms with E-state index in [0.717, 1.165) is 17.7 Å². The lowest BCUT2D eigenvalue weighted by molar-refractivity contribution is -0.148. The molecular weight excluding hydrogens is 335 g/mol. The van der Waals surface area contributed by atoms with E-state index in [-0.39, 0.29) is 18.7 Å². The molecule has 0 saturated carbocycles. The molecule has 8 heteroatoms. The number of ether oxygens (including phenoxy) is 1. The van der Waals surface area contributed by atoms with E-state index in [2.05, 4.69) is 4.90 Å². The molecule has 3 aliphatic rings. The fourth-order valence-corrected chi connectivity index (χ4v) is 4.38. The van der Waals surface area contributed by atoms with Gasteiger partial charge in [0.05, 0.1) is 24.5 Å². The molecule has 3 atom stereocenters. The fraction of sp³-hybridized carbons (Fsp3) is 0.647. The molecule has 1 unspecified atom stereocenters. The third-order valence-corrected chi connectivity index (χ3v) is 5.51. The second kappa shape index (κ2) is 5.41. The lowest BCUT2D eigenvalue weighted by atomic mass is 9.99. The van der Waals surface area contributed by atoms with Crippen LogP contribution < -0.4 is 15.4 Å². The molecule has 0 amide bonds. The van der Waals surface area contributed by atoms with E-state index in [0.29, 0.717) is 30.9 Å². The van der Waals surface area contributed by atoms with Crippen molar-refractivity contribution < 1.29 is 23.0 Å². The molecule has 2 saturated heterocycles. The molecule has 5 nitrogen and oxygen atoms in total. The van der Waals surface area contributed by atoms with E-state index in [4.69, 9.17) is 10.5 Å². The number of aliphatic hydroxyl groups excluding tert-OH is 1. The van der Waals surface area contributed by atoms with Crippen molar-refractivity contribution in [2.75, 3.05) is 36.9 Å². The first-order valence-electron chi connectivity index (χ1n) is 8.47. The highest BCUT2D eigenvalue weighted by Gasteiger charge is 2.47. The van der Waals surface area contributed by atoms with Gasteiger partial charge in [-0.1, -0.05) is 0 Å². The molecular formula is C17H22F3N3O2. The maximum atomic E-state index is 12.7. The first kappa shape index (κ1) is 16.8. The Balaban J connectivity index is 1.53. The summed E-state index contributed by atoms with van der Waals surface area (Å²) in [6, 6.07) is 3.69. The number of hydrogen-bond donors (Lipinski definition) is 2. The van der Waals surface area contributed by atoms with E-state index in [9.17, 15) is 18.3 Å². The molecule has 4 rings (SSSR count). The molecule has 138 valence electrons. The van der Waals surface area contributed by atoms with Crippen LogP contribution in [0.25, 0.3) is 0 Å². The van der Waals surface area contributed by atoms with Crippen molar-refractivity contribution in [3.63, 3.8) is 0 Å². The van der Waals surface area contributed by atoms with Crippen LogP contribution in [0.15, 0.2) is 12.1 Å². The average molecular weight is 357 g/mol. The van der Waals surface area contributed by atoms with Crippen LogP contribution in [0, 0.1) is 0 Å². The minimum Gasteiger partial charge on any atom is -0.484 e. The van der Waals surface area contributed by atoms with Gasteiger partial charge in [-0.25, -0.2) is 0 Å². The van der Waals surface area contributed by atoms with Crippen molar-refractivity contribution in [2.24, 2.45) is 0 Å². The summed E-state index contributed by atoms with van der Waals surface area (Å²) in [6.45, 7) is 1.85. The molecule has 3 N–H and O–H groups in total. The van der Waals surface area contributed by atoms with Crippen LogP contribution in [-0.2, 0) is 6.42 Å². The highest BCUT2D eigenvalue weighted by atomic mass is 19.4. The van der Waals surface area contributed by atoms with Crippen LogP contribution in [-0.4, -0.2) is 60.1 Å². The summed E-state index contributed by atoms with van der Waals surface area (Å²) in [5, 5.41) is 9.49. The molecule has 2 fully saturated rings. The Morgan fingerprint density at radius 3 is 2.68 bits per heavy atom. The number of alkyl halides is 3. The van der Waals surface area contributed by atoms with Crippen molar-refractivity contribution in [3.05, 3.63) is 17.7 Å². The number of nitrogen functional groups attached to an aromatic ring is 1. The number of hydrogen-bond acceptors (Lipinski definition) is 5. The van der Waals surface area contributed by atoms with Gasteiger partial charge in [0.25, 0.3) is 0 Å². The van der Waals surface area contributed by atoms with Gasteiger partial charge in [0.1, 0.15) is 11.4 Å². The SMILES string of the molecule is CC1(CO)Cc2cc(N)c(N3C[C@@H]4C[C@H]3CN4CC(F)(F)F)cc2O1. The Bertz CT molecular complexity index is 696. The Labute approximate surface area is 144 Å². The Morgan fingerprint density at radius 2 is 2.08 bits per heavy atom. The maximum absolute atomic E-state index is 12.7. The van der Waals surface area contributed by atoms with Crippen molar-refractivity contribution in [2.45, 2.75) is 43.6 Å². The normalized spacial score (nSPS) is 31.5. The van der Waals surface area contributed by atoms with Crippen molar-refractivity contribution in [1.29, 1.82) is 0 Å². The predicted molar refractivity (Wildman–Crippen MR) is 87.8 cm³/mol. The number of likely N-dealkylation sites (tertiary alicyclic amines) is 1. The molecule has 0 radical (unpaired) electrons. The highest BCUT2D eigenvalue weighted by Crippen LogP contribution is 2.44. The van der Waals surface area contributed by atoms with Gasteiger partial charge < -0.3 is 20.5 Å². The number of piperazine rings is 1. The number of anilines is 2. The van der Waals surface area contributed by atoms with Gasteiger partial charge in [-0.2, -0.15) is 13.2 Å². The summed E-state index contributed by atoms with van der Waals surface area (Å²) >= 11 is 0. The Hall–Kier alpha value is -1.67. The first-order chi connectivity index (χ1) is 11.7. The summed E-state index contributed by atoms with van der Waals surface area (Å²) in [4.78, 5) is 3.62. The van der Waals surface area contributed by atoms with Crippen molar-refractivity contribution in [3.8, 4) is 5.75 Å². The number of aliphatic hydroxyl groups is 1. The second-order valence-corrected chi connectivity index (χ2v) is 7.65. The molecule has 25 heavy (non-hydrogen) atoms. The van der Waals surface area contributed by atoms with Gasteiger partial charge in [-0.15, -0.1) is 0 Å². The van der Waals surface area contributed by atoms with E-state index in [1.807, 2.05) is 19.1 Å². The number of nitrogens with two attached hydrogens (primary N) is 1. The predicted octanol–water partition coefficient (Wildman–Crippen LogP) is 1.78. The molecule has 1 aromatic carbocycles. The standard InChI is InChI=1S/C17H22F3N3O2/c1-16(9-24)5-10-2-13(21)14(4-15(10)25-16)23-7-11-3-12(23)6-22(11)8-17(18,19)20/h2,4,11-12,24H,3,5-9,21H2,1H3/t11-,12-,16?/m0/s1. The lowest BCUT2D eigenvalue weighted by Gasteiger charge is -2.36. The minimum atomic E-state index is -4.16. The van der Waals surface area contributed by atoms with Gasteiger partial charge in [-0.3, -0.25) is 4.90 Å². The molecule has 1 aromatic rings.